The van der Waals surface area contributed by atoms with Gasteiger partial charge in [0.05, 0.1) is 0 Å². The number of amides is 1. The molecule has 0 heterocycles. The molecule has 0 saturated carbocycles. The smallest absolute Gasteiger partial charge is 0.407 e. The lowest BCUT2D eigenvalue weighted by molar-refractivity contribution is 0.159. The van der Waals surface area contributed by atoms with E-state index in [2.05, 4.69) is 11.9 Å². The SMILES string of the molecule is C=CCNC(=O)OCC=Cc1ccccc1. The number of nitrogens with one attached hydrogen (secondary N) is 1. The third-order valence-electron chi connectivity index (χ3n) is 1.81. The second-order valence-electron chi connectivity index (χ2n) is 3.08. The van der Waals surface area contributed by atoms with Gasteiger partial charge in [0, 0.05) is 6.54 Å². The van der Waals surface area contributed by atoms with Crippen molar-refractivity contribution >= 4 is 12.2 Å². The number of ether oxygens (including phenoxy) is 1. The molecule has 0 aromatic heterocycles. The molecule has 0 aliphatic carbocycles. The van der Waals surface area contributed by atoms with Gasteiger partial charge >= 0.3 is 6.09 Å². The van der Waals surface area contributed by atoms with Crippen LogP contribution in [0.15, 0.2) is 49.1 Å². The van der Waals surface area contributed by atoms with Gasteiger partial charge in [0.15, 0.2) is 0 Å². The highest BCUT2D eigenvalue weighted by Crippen LogP contribution is 2.00. The molecule has 3 heteroatoms. The summed E-state index contributed by atoms with van der Waals surface area (Å²) in [6, 6.07) is 9.83. The average molecular weight is 217 g/mol. The lowest BCUT2D eigenvalue weighted by atomic mass is 10.2. The van der Waals surface area contributed by atoms with Gasteiger partial charge < -0.3 is 10.1 Å². The maximum atomic E-state index is 11.0. The fraction of sp³-hybridized carbons (Fsp3) is 0.154. The van der Waals surface area contributed by atoms with Gasteiger partial charge in [0.2, 0.25) is 0 Å². The molecule has 0 atom stereocenters. The minimum absolute atomic E-state index is 0.262. The molecule has 1 aromatic rings. The minimum atomic E-state index is -0.433. The van der Waals surface area contributed by atoms with Crippen LogP contribution in [-0.4, -0.2) is 19.2 Å². The molecular weight excluding hydrogens is 202 g/mol. The largest absolute Gasteiger partial charge is 0.445 e. The van der Waals surface area contributed by atoms with Crippen molar-refractivity contribution in [2.45, 2.75) is 0 Å². The maximum Gasteiger partial charge on any atom is 0.407 e. The number of carbonyl (C=O) groups is 1. The molecule has 0 saturated heterocycles. The van der Waals surface area contributed by atoms with Gasteiger partial charge in [-0.3, -0.25) is 0 Å². The Balaban J connectivity index is 2.22. The number of hydrogen-bond acceptors (Lipinski definition) is 2. The normalized spacial score (nSPS) is 10.0. The monoisotopic (exact) mass is 217 g/mol. The molecule has 3 nitrogen and oxygen atoms in total. The van der Waals surface area contributed by atoms with Crippen LogP contribution < -0.4 is 5.32 Å². The van der Waals surface area contributed by atoms with Gasteiger partial charge in [0.25, 0.3) is 0 Å². The van der Waals surface area contributed by atoms with Crippen molar-refractivity contribution in [2.24, 2.45) is 0 Å². The van der Waals surface area contributed by atoms with Crippen LogP contribution in [0.2, 0.25) is 0 Å². The van der Waals surface area contributed by atoms with E-state index in [1.807, 2.05) is 36.4 Å². The molecule has 0 spiro atoms. The first-order chi connectivity index (χ1) is 7.83. The van der Waals surface area contributed by atoms with Crippen LogP contribution in [0.5, 0.6) is 0 Å². The molecule has 16 heavy (non-hydrogen) atoms. The van der Waals surface area contributed by atoms with Crippen molar-refractivity contribution < 1.29 is 9.53 Å². The Morgan fingerprint density at radius 2 is 2.12 bits per heavy atom. The van der Waals surface area contributed by atoms with Crippen molar-refractivity contribution in [1.82, 2.24) is 5.32 Å². The van der Waals surface area contributed by atoms with Gasteiger partial charge in [-0.15, -0.1) is 6.58 Å². The Labute approximate surface area is 95.4 Å². The first-order valence-corrected chi connectivity index (χ1v) is 5.06. The molecule has 0 radical (unpaired) electrons. The van der Waals surface area contributed by atoms with Crippen LogP contribution in [0.25, 0.3) is 6.08 Å². The first kappa shape index (κ1) is 12.0. The lowest BCUT2D eigenvalue weighted by Gasteiger charge is -2.01. The Morgan fingerprint density at radius 1 is 1.38 bits per heavy atom. The molecule has 1 aromatic carbocycles. The van der Waals surface area contributed by atoms with Crippen LogP contribution >= 0.6 is 0 Å². The molecule has 0 fully saturated rings. The second-order valence-corrected chi connectivity index (χ2v) is 3.08. The van der Waals surface area contributed by atoms with E-state index < -0.39 is 6.09 Å². The number of carbonyl (C=O) groups excluding carboxylic acids is 1. The number of benzene rings is 1. The predicted octanol–water partition coefficient (Wildman–Crippen LogP) is 2.61. The number of alkyl carbamates (subject to hydrolysis) is 1. The van der Waals surface area contributed by atoms with E-state index in [9.17, 15) is 4.79 Å². The summed E-state index contributed by atoms with van der Waals surface area (Å²) in [6.07, 6.45) is 4.86. The molecule has 0 aliphatic rings. The van der Waals surface area contributed by atoms with Gasteiger partial charge in [0.1, 0.15) is 6.61 Å². The highest BCUT2D eigenvalue weighted by Gasteiger charge is 1.95. The molecule has 0 bridgehead atoms. The van der Waals surface area contributed by atoms with Crippen LogP contribution in [0.4, 0.5) is 4.79 Å². The molecule has 1 rings (SSSR count). The van der Waals surface area contributed by atoms with Crippen molar-refractivity contribution in [3.05, 3.63) is 54.6 Å². The zero-order valence-electron chi connectivity index (χ0n) is 9.06. The van der Waals surface area contributed by atoms with Gasteiger partial charge in [-0.1, -0.05) is 42.5 Å². The summed E-state index contributed by atoms with van der Waals surface area (Å²) in [5.74, 6) is 0. The first-order valence-electron chi connectivity index (χ1n) is 5.06. The summed E-state index contributed by atoms with van der Waals surface area (Å²) in [5, 5.41) is 2.52. The van der Waals surface area contributed by atoms with Crippen molar-refractivity contribution in [3.8, 4) is 0 Å². The van der Waals surface area contributed by atoms with Crippen LogP contribution in [0.1, 0.15) is 5.56 Å². The summed E-state index contributed by atoms with van der Waals surface area (Å²) in [7, 11) is 0. The highest BCUT2D eigenvalue weighted by atomic mass is 16.5. The van der Waals surface area contributed by atoms with Crippen LogP contribution in [-0.2, 0) is 4.74 Å². The quantitative estimate of drug-likeness (QED) is 0.770. The standard InChI is InChI=1S/C13H15NO2/c1-2-10-14-13(15)16-11-6-9-12-7-4-3-5-8-12/h2-9H,1,10-11H2,(H,14,15). The zero-order chi connectivity index (χ0) is 11.6. The molecule has 84 valence electrons. The minimum Gasteiger partial charge on any atom is -0.445 e. The average Bonchev–Trinajstić information content (AvgIpc) is 2.33. The van der Waals surface area contributed by atoms with E-state index in [0.717, 1.165) is 5.56 Å². The Hall–Kier alpha value is -2.03. The van der Waals surface area contributed by atoms with Crippen molar-refractivity contribution in [3.63, 3.8) is 0 Å². The van der Waals surface area contributed by atoms with Gasteiger partial charge in [-0.25, -0.2) is 4.79 Å². The number of hydrogen-bond donors (Lipinski definition) is 1. The predicted molar refractivity (Wildman–Crippen MR) is 65.0 cm³/mol. The van der Waals surface area contributed by atoms with E-state index in [1.165, 1.54) is 0 Å². The van der Waals surface area contributed by atoms with Gasteiger partial charge in [-0.2, -0.15) is 0 Å². The topological polar surface area (TPSA) is 38.3 Å². The molecule has 1 N–H and O–H groups in total. The third-order valence-corrected chi connectivity index (χ3v) is 1.81. The molecule has 0 unspecified atom stereocenters. The summed E-state index contributed by atoms with van der Waals surface area (Å²) in [4.78, 5) is 11.0. The van der Waals surface area contributed by atoms with Crippen LogP contribution in [0, 0.1) is 0 Å². The van der Waals surface area contributed by atoms with E-state index >= 15 is 0 Å². The maximum absolute atomic E-state index is 11.0. The third kappa shape index (κ3) is 5.00. The summed E-state index contributed by atoms with van der Waals surface area (Å²) >= 11 is 0. The van der Waals surface area contributed by atoms with Gasteiger partial charge in [-0.05, 0) is 11.6 Å². The summed E-state index contributed by atoms with van der Waals surface area (Å²) in [5.41, 5.74) is 1.08. The second kappa shape index (κ2) is 7.29. The Kier molecular flexibility index (Phi) is 5.48. The highest BCUT2D eigenvalue weighted by molar-refractivity contribution is 5.67. The molecular formula is C13H15NO2. The molecule has 0 aliphatic heterocycles. The number of rotatable bonds is 5. The van der Waals surface area contributed by atoms with E-state index in [0.29, 0.717) is 6.54 Å². The Bertz CT molecular complexity index is 357. The van der Waals surface area contributed by atoms with E-state index in [4.69, 9.17) is 4.74 Å². The van der Waals surface area contributed by atoms with E-state index in [1.54, 1.807) is 12.2 Å². The summed E-state index contributed by atoms with van der Waals surface area (Å²) in [6.45, 7) is 4.16. The fourth-order valence-electron chi connectivity index (χ4n) is 1.08. The summed E-state index contributed by atoms with van der Waals surface area (Å²) < 4.78 is 4.88. The fourth-order valence-corrected chi connectivity index (χ4v) is 1.08. The zero-order valence-corrected chi connectivity index (χ0v) is 9.06. The van der Waals surface area contributed by atoms with Crippen molar-refractivity contribution in [1.29, 1.82) is 0 Å². The lowest BCUT2D eigenvalue weighted by Crippen LogP contribution is -2.24. The van der Waals surface area contributed by atoms with Crippen LogP contribution in [0.3, 0.4) is 0 Å². The molecule has 1 amide bonds. The Morgan fingerprint density at radius 3 is 2.81 bits per heavy atom. The van der Waals surface area contributed by atoms with E-state index in [-0.39, 0.29) is 6.61 Å². The van der Waals surface area contributed by atoms with Crippen molar-refractivity contribution in [2.75, 3.05) is 13.2 Å².